The molecule has 0 saturated carbocycles. The van der Waals surface area contributed by atoms with Crippen LogP contribution in [0, 0.1) is 11.3 Å². The highest BCUT2D eigenvalue weighted by molar-refractivity contribution is 7.10. The van der Waals surface area contributed by atoms with Crippen LogP contribution in [0.2, 0.25) is 0 Å². The van der Waals surface area contributed by atoms with Gasteiger partial charge in [-0.2, -0.15) is 9.64 Å². The predicted molar refractivity (Wildman–Crippen MR) is 73.1 cm³/mol. The Morgan fingerprint density at radius 2 is 2.24 bits per heavy atom. The highest BCUT2D eigenvalue weighted by Gasteiger charge is 2.12. The van der Waals surface area contributed by atoms with Gasteiger partial charge in [-0.3, -0.25) is 0 Å². The average molecular weight is 252 g/mol. The number of nitriles is 1. The van der Waals surface area contributed by atoms with Crippen LogP contribution < -0.4 is 11.1 Å². The van der Waals surface area contributed by atoms with Gasteiger partial charge >= 0.3 is 0 Å². The maximum Gasteiger partial charge on any atom is 0.157 e. The summed E-state index contributed by atoms with van der Waals surface area (Å²) in [5.41, 5.74) is 6.09. The summed E-state index contributed by atoms with van der Waals surface area (Å²) in [7, 11) is 0. The van der Waals surface area contributed by atoms with Crippen LogP contribution in [0.5, 0.6) is 0 Å². The molecule has 5 heteroatoms. The SMILES string of the molecule is CCCCCCC(C)Nc1snc(N)c1C#N. The minimum Gasteiger partial charge on any atom is -0.382 e. The van der Waals surface area contributed by atoms with E-state index >= 15 is 0 Å². The Hall–Kier alpha value is -1.28. The van der Waals surface area contributed by atoms with E-state index in [0.29, 0.717) is 17.4 Å². The fourth-order valence-electron chi connectivity index (χ4n) is 1.68. The van der Waals surface area contributed by atoms with E-state index in [1.54, 1.807) is 0 Å². The summed E-state index contributed by atoms with van der Waals surface area (Å²) in [6, 6.07) is 2.45. The molecular weight excluding hydrogens is 232 g/mol. The van der Waals surface area contributed by atoms with Crippen molar-refractivity contribution >= 4 is 22.4 Å². The third-order valence-corrected chi connectivity index (χ3v) is 3.49. The van der Waals surface area contributed by atoms with Gasteiger partial charge in [0.2, 0.25) is 0 Å². The second kappa shape index (κ2) is 7.13. The molecule has 4 nitrogen and oxygen atoms in total. The second-order valence-corrected chi connectivity index (χ2v) is 5.05. The van der Waals surface area contributed by atoms with E-state index in [2.05, 4.69) is 29.6 Å². The highest BCUT2D eigenvalue weighted by atomic mass is 32.1. The van der Waals surface area contributed by atoms with Gasteiger partial charge in [-0.1, -0.05) is 32.6 Å². The van der Waals surface area contributed by atoms with E-state index in [1.807, 2.05) is 0 Å². The highest BCUT2D eigenvalue weighted by Crippen LogP contribution is 2.26. The molecule has 94 valence electrons. The Bertz CT molecular complexity index is 380. The molecule has 1 heterocycles. The van der Waals surface area contributed by atoms with Crippen LogP contribution in [0.15, 0.2) is 0 Å². The van der Waals surface area contributed by atoms with Crippen molar-refractivity contribution in [3.05, 3.63) is 5.56 Å². The predicted octanol–water partition coefficient (Wildman–Crippen LogP) is 3.37. The van der Waals surface area contributed by atoms with Gasteiger partial charge in [-0.15, -0.1) is 0 Å². The number of nitrogens with zero attached hydrogens (tertiary/aromatic N) is 2. The smallest absolute Gasteiger partial charge is 0.157 e. The van der Waals surface area contributed by atoms with Gasteiger partial charge in [0.1, 0.15) is 16.6 Å². The third-order valence-electron chi connectivity index (χ3n) is 2.70. The van der Waals surface area contributed by atoms with E-state index in [0.717, 1.165) is 11.4 Å². The standard InChI is InChI=1S/C12H20N4S/c1-3-4-5-6-7-9(2)15-12-10(8-13)11(14)16-17-12/h9,15H,3-7H2,1-2H3,(H2,14,16). The maximum atomic E-state index is 8.94. The zero-order valence-electron chi connectivity index (χ0n) is 10.5. The van der Waals surface area contributed by atoms with Crippen molar-refractivity contribution in [2.45, 2.75) is 52.0 Å². The summed E-state index contributed by atoms with van der Waals surface area (Å²) < 4.78 is 3.98. The number of nitrogens with one attached hydrogen (secondary N) is 1. The van der Waals surface area contributed by atoms with Gasteiger partial charge < -0.3 is 11.1 Å². The third kappa shape index (κ3) is 4.23. The largest absolute Gasteiger partial charge is 0.382 e. The minimum absolute atomic E-state index is 0.332. The molecule has 0 aromatic carbocycles. The van der Waals surface area contributed by atoms with E-state index in [4.69, 9.17) is 11.0 Å². The molecular formula is C12H20N4S. The van der Waals surface area contributed by atoms with Crippen LogP contribution in [0.25, 0.3) is 0 Å². The Kier molecular flexibility index (Phi) is 5.78. The molecule has 0 radical (unpaired) electrons. The molecule has 0 fully saturated rings. The quantitative estimate of drug-likeness (QED) is 0.730. The summed E-state index contributed by atoms with van der Waals surface area (Å²) >= 11 is 1.26. The second-order valence-electron chi connectivity index (χ2n) is 4.28. The molecule has 1 aromatic heterocycles. The van der Waals surface area contributed by atoms with Gasteiger partial charge in [0.25, 0.3) is 0 Å². The number of nitrogen functional groups attached to an aromatic ring is 1. The molecule has 1 atom stereocenters. The minimum atomic E-state index is 0.332. The molecule has 0 amide bonds. The van der Waals surface area contributed by atoms with Crippen molar-refractivity contribution in [2.75, 3.05) is 11.1 Å². The first-order chi connectivity index (χ1) is 8.19. The number of nitrogens with two attached hydrogens (primary N) is 1. The zero-order valence-corrected chi connectivity index (χ0v) is 11.3. The first kappa shape index (κ1) is 13.8. The van der Waals surface area contributed by atoms with Crippen molar-refractivity contribution in [3.8, 4) is 6.07 Å². The fraction of sp³-hybridized carbons (Fsp3) is 0.667. The monoisotopic (exact) mass is 252 g/mol. The number of rotatable bonds is 7. The molecule has 0 bridgehead atoms. The first-order valence-corrected chi connectivity index (χ1v) is 6.88. The molecule has 0 spiro atoms. The Balaban J connectivity index is 2.40. The molecule has 0 aliphatic heterocycles. The molecule has 17 heavy (non-hydrogen) atoms. The van der Waals surface area contributed by atoms with Gasteiger partial charge in [-0.05, 0) is 24.9 Å². The van der Waals surface area contributed by atoms with Gasteiger partial charge in [-0.25, -0.2) is 0 Å². The number of hydrogen-bond donors (Lipinski definition) is 2. The lowest BCUT2D eigenvalue weighted by Gasteiger charge is -2.13. The van der Waals surface area contributed by atoms with Crippen LogP contribution >= 0.6 is 11.5 Å². The van der Waals surface area contributed by atoms with Crippen LogP contribution in [0.4, 0.5) is 10.8 Å². The maximum absolute atomic E-state index is 8.94. The summed E-state index contributed by atoms with van der Waals surface area (Å²) in [6.07, 6.45) is 6.16. The summed E-state index contributed by atoms with van der Waals surface area (Å²) in [4.78, 5) is 0. The summed E-state index contributed by atoms with van der Waals surface area (Å²) in [6.45, 7) is 4.34. The normalized spacial score (nSPS) is 12.1. The lowest BCUT2D eigenvalue weighted by atomic mass is 10.1. The van der Waals surface area contributed by atoms with E-state index in [1.165, 1.54) is 37.2 Å². The molecule has 1 rings (SSSR count). The topological polar surface area (TPSA) is 74.7 Å². The van der Waals surface area contributed by atoms with Crippen molar-refractivity contribution < 1.29 is 0 Å². The van der Waals surface area contributed by atoms with Crippen LogP contribution in [-0.2, 0) is 0 Å². The summed E-state index contributed by atoms with van der Waals surface area (Å²) in [5, 5.41) is 13.1. The Morgan fingerprint density at radius 3 is 2.88 bits per heavy atom. The Morgan fingerprint density at radius 1 is 1.47 bits per heavy atom. The lowest BCUT2D eigenvalue weighted by molar-refractivity contribution is 0.594. The molecule has 1 aromatic rings. The van der Waals surface area contributed by atoms with Crippen LogP contribution in [0.1, 0.15) is 51.5 Å². The number of unbranched alkanes of at least 4 members (excludes halogenated alkanes) is 3. The molecule has 1 unspecified atom stereocenters. The van der Waals surface area contributed by atoms with E-state index < -0.39 is 0 Å². The number of anilines is 2. The lowest BCUT2D eigenvalue weighted by Crippen LogP contribution is -2.14. The van der Waals surface area contributed by atoms with Crippen molar-refractivity contribution in [2.24, 2.45) is 0 Å². The van der Waals surface area contributed by atoms with Crippen LogP contribution in [0.3, 0.4) is 0 Å². The summed E-state index contributed by atoms with van der Waals surface area (Å²) in [5.74, 6) is 0.332. The van der Waals surface area contributed by atoms with Crippen LogP contribution in [-0.4, -0.2) is 10.4 Å². The van der Waals surface area contributed by atoms with E-state index in [9.17, 15) is 0 Å². The Labute approximate surface area is 107 Å². The molecule has 0 saturated heterocycles. The van der Waals surface area contributed by atoms with Crippen molar-refractivity contribution in [3.63, 3.8) is 0 Å². The number of hydrogen-bond acceptors (Lipinski definition) is 5. The van der Waals surface area contributed by atoms with Gasteiger partial charge in [0.15, 0.2) is 5.82 Å². The van der Waals surface area contributed by atoms with E-state index in [-0.39, 0.29) is 0 Å². The van der Waals surface area contributed by atoms with Gasteiger partial charge in [0.05, 0.1) is 0 Å². The van der Waals surface area contributed by atoms with Crippen molar-refractivity contribution in [1.29, 1.82) is 5.26 Å². The zero-order chi connectivity index (χ0) is 12.7. The average Bonchev–Trinajstić information content (AvgIpc) is 2.65. The molecule has 0 aliphatic carbocycles. The number of aromatic nitrogens is 1. The van der Waals surface area contributed by atoms with Gasteiger partial charge in [0, 0.05) is 6.04 Å². The van der Waals surface area contributed by atoms with Crippen molar-refractivity contribution in [1.82, 2.24) is 4.37 Å². The fourth-order valence-corrected chi connectivity index (χ4v) is 2.46. The molecule has 3 N–H and O–H groups in total. The first-order valence-electron chi connectivity index (χ1n) is 6.10. The molecule has 0 aliphatic rings.